The lowest BCUT2D eigenvalue weighted by atomic mass is 10.1. The standard InChI is InChI=1S/C18H28N2O3/c1-20(15-8-6-4-5-7-9-15)13-18(21)19-14-10-16(22-2)12-17(11-14)23-3/h10-12,15H,4-9,13H2,1-3H3,(H,19,21). The van der Waals surface area contributed by atoms with E-state index in [1.807, 2.05) is 7.05 Å². The van der Waals surface area contributed by atoms with Crippen molar-refractivity contribution in [3.8, 4) is 11.5 Å². The molecule has 0 spiro atoms. The van der Waals surface area contributed by atoms with E-state index < -0.39 is 0 Å². The molecule has 0 heterocycles. The van der Waals surface area contributed by atoms with Gasteiger partial charge in [0, 0.05) is 29.9 Å². The lowest BCUT2D eigenvalue weighted by Gasteiger charge is -2.26. The van der Waals surface area contributed by atoms with E-state index in [2.05, 4.69) is 10.2 Å². The molecule has 0 radical (unpaired) electrons. The van der Waals surface area contributed by atoms with Crippen molar-refractivity contribution in [1.29, 1.82) is 0 Å². The zero-order valence-electron chi connectivity index (χ0n) is 14.4. The predicted molar refractivity (Wildman–Crippen MR) is 92.3 cm³/mol. The van der Waals surface area contributed by atoms with Gasteiger partial charge in [-0.05, 0) is 19.9 Å². The first-order valence-corrected chi connectivity index (χ1v) is 8.35. The fraction of sp³-hybridized carbons (Fsp3) is 0.611. The summed E-state index contributed by atoms with van der Waals surface area (Å²) in [6.45, 7) is 0.407. The highest BCUT2D eigenvalue weighted by Crippen LogP contribution is 2.26. The molecular formula is C18H28N2O3. The Balaban J connectivity index is 1.93. The number of nitrogens with one attached hydrogen (secondary N) is 1. The van der Waals surface area contributed by atoms with Crippen molar-refractivity contribution in [3.05, 3.63) is 18.2 Å². The van der Waals surface area contributed by atoms with Crippen LogP contribution in [0.5, 0.6) is 11.5 Å². The van der Waals surface area contributed by atoms with E-state index in [1.54, 1.807) is 32.4 Å². The van der Waals surface area contributed by atoms with Crippen molar-refractivity contribution in [1.82, 2.24) is 4.90 Å². The fourth-order valence-corrected chi connectivity index (χ4v) is 3.13. The molecule has 0 aromatic heterocycles. The average molecular weight is 320 g/mol. The second-order valence-corrected chi connectivity index (χ2v) is 6.21. The molecule has 1 N–H and O–H groups in total. The Morgan fingerprint density at radius 1 is 1.09 bits per heavy atom. The Hall–Kier alpha value is -1.75. The maximum absolute atomic E-state index is 12.3. The summed E-state index contributed by atoms with van der Waals surface area (Å²) in [5, 5.41) is 2.94. The quantitative estimate of drug-likeness (QED) is 0.817. The minimum atomic E-state index is -0.00736. The van der Waals surface area contributed by atoms with E-state index in [-0.39, 0.29) is 5.91 Å². The first-order valence-electron chi connectivity index (χ1n) is 8.35. The molecule has 23 heavy (non-hydrogen) atoms. The first kappa shape index (κ1) is 17.6. The van der Waals surface area contributed by atoms with E-state index in [0.29, 0.717) is 29.8 Å². The van der Waals surface area contributed by atoms with Crippen molar-refractivity contribution in [2.45, 2.75) is 44.6 Å². The van der Waals surface area contributed by atoms with Gasteiger partial charge in [0.25, 0.3) is 0 Å². The average Bonchev–Trinajstić information content (AvgIpc) is 2.83. The van der Waals surface area contributed by atoms with Gasteiger partial charge in [0.15, 0.2) is 0 Å². The highest BCUT2D eigenvalue weighted by molar-refractivity contribution is 5.92. The van der Waals surface area contributed by atoms with Crippen molar-refractivity contribution in [2.24, 2.45) is 0 Å². The van der Waals surface area contributed by atoms with Crippen LogP contribution in [0.2, 0.25) is 0 Å². The van der Waals surface area contributed by atoms with E-state index in [9.17, 15) is 4.79 Å². The van der Waals surface area contributed by atoms with Gasteiger partial charge in [-0.15, -0.1) is 0 Å². The number of hydrogen-bond acceptors (Lipinski definition) is 4. The third kappa shape index (κ3) is 5.43. The predicted octanol–water partition coefficient (Wildman–Crippen LogP) is 3.30. The Morgan fingerprint density at radius 3 is 2.17 bits per heavy atom. The van der Waals surface area contributed by atoms with Gasteiger partial charge < -0.3 is 14.8 Å². The summed E-state index contributed by atoms with van der Waals surface area (Å²) in [6.07, 6.45) is 7.56. The second-order valence-electron chi connectivity index (χ2n) is 6.21. The molecule has 5 heteroatoms. The molecule has 1 amide bonds. The van der Waals surface area contributed by atoms with Crippen molar-refractivity contribution < 1.29 is 14.3 Å². The van der Waals surface area contributed by atoms with Gasteiger partial charge >= 0.3 is 0 Å². The monoisotopic (exact) mass is 320 g/mol. The number of carbonyl (C=O) groups excluding carboxylic acids is 1. The highest BCUT2D eigenvalue weighted by Gasteiger charge is 2.19. The normalized spacial score (nSPS) is 16.0. The maximum atomic E-state index is 12.3. The van der Waals surface area contributed by atoms with Gasteiger partial charge in [-0.2, -0.15) is 0 Å². The molecule has 1 saturated carbocycles. The lowest BCUT2D eigenvalue weighted by molar-refractivity contribution is -0.117. The third-order valence-corrected chi connectivity index (χ3v) is 4.48. The number of rotatable bonds is 6. The fourth-order valence-electron chi connectivity index (χ4n) is 3.13. The van der Waals surface area contributed by atoms with E-state index in [1.165, 1.54) is 38.5 Å². The number of carbonyl (C=O) groups is 1. The summed E-state index contributed by atoms with van der Waals surface area (Å²) >= 11 is 0. The number of amides is 1. The van der Waals surface area contributed by atoms with Gasteiger partial charge in [0.1, 0.15) is 11.5 Å². The summed E-state index contributed by atoms with van der Waals surface area (Å²) < 4.78 is 10.5. The molecule has 1 aromatic rings. The number of nitrogens with zero attached hydrogens (tertiary/aromatic N) is 1. The minimum Gasteiger partial charge on any atom is -0.497 e. The molecule has 0 bridgehead atoms. The molecular weight excluding hydrogens is 292 g/mol. The molecule has 1 aliphatic rings. The van der Waals surface area contributed by atoms with Crippen LogP contribution >= 0.6 is 0 Å². The number of methoxy groups -OCH3 is 2. The van der Waals surface area contributed by atoms with Crippen LogP contribution < -0.4 is 14.8 Å². The maximum Gasteiger partial charge on any atom is 0.238 e. The molecule has 5 nitrogen and oxygen atoms in total. The number of likely N-dealkylation sites (N-methyl/N-ethyl adjacent to an activating group) is 1. The summed E-state index contributed by atoms with van der Waals surface area (Å²) in [4.78, 5) is 14.5. The Bertz CT molecular complexity index is 489. The molecule has 1 fully saturated rings. The summed E-state index contributed by atoms with van der Waals surface area (Å²) in [6, 6.07) is 5.90. The van der Waals surface area contributed by atoms with E-state index in [4.69, 9.17) is 9.47 Å². The summed E-state index contributed by atoms with van der Waals surface area (Å²) in [5.41, 5.74) is 0.695. The molecule has 128 valence electrons. The smallest absolute Gasteiger partial charge is 0.238 e. The van der Waals surface area contributed by atoms with E-state index in [0.717, 1.165) is 0 Å². The molecule has 0 aliphatic heterocycles. The molecule has 0 atom stereocenters. The number of ether oxygens (including phenoxy) is 2. The largest absolute Gasteiger partial charge is 0.497 e. The zero-order chi connectivity index (χ0) is 16.7. The van der Waals surface area contributed by atoms with Crippen LogP contribution in [0.1, 0.15) is 38.5 Å². The third-order valence-electron chi connectivity index (χ3n) is 4.48. The minimum absolute atomic E-state index is 0.00736. The van der Waals surface area contributed by atoms with Crippen LogP contribution in [-0.2, 0) is 4.79 Å². The number of anilines is 1. The van der Waals surface area contributed by atoms with Gasteiger partial charge in [-0.1, -0.05) is 25.7 Å². The van der Waals surface area contributed by atoms with Crippen molar-refractivity contribution in [2.75, 3.05) is 33.1 Å². The van der Waals surface area contributed by atoms with Gasteiger partial charge in [0.2, 0.25) is 5.91 Å². The highest BCUT2D eigenvalue weighted by atomic mass is 16.5. The number of benzene rings is 1. The Morgan fingerprint density at radius 2 is 1.65 bits per heavy atom. The molecule has 1 aliphatic carbocycles. The Kier molecular flexibility index (Phi) is 6.71. The van der Waals surface area contributed by atoms with E-state index >= 15 is 0 Å². The number of hydrogen-bond donors (Lipinski definition) is 1. The second kappa shape index (κ2) is 8.77. The molecule has 0 saturated heterocycles. The molecule has 1 aromatic carbocycles. The molecule has 0 unspecified atom stereocenters. The van der Waals surface area contributed by atoms with Gasteiger partial charge in [-0.3, -0.25) is 9.69 Å². The summed E-state index contributed by atoms with van der Waals surface area (Å²) in [7, 11) is 5.24. The Labute approximate surface area is 139 Å². The topological polar surface area (TPSA) is 50.8 Å². The van der Waals surface area contributed by atoms with Crippen LogP contribution in [0.4, 0.5) is 5.69 Å². The lowest BCUT2D eigenvalue weighted by Crippen LogP contribution is -2.37. The van der Waals surface area contributed by atoms with Crippen molar-refractivity contribution >= 4 is 11.6 Å². The van der Waals surface area contributed by atoms with Crippen LogP contribution in [0, 0.1) is 0 Å². The summed E-state index contributed by atoms with van der Waals surface area (Å²) in [5.74, 6) is 1.32. The van der Waals surface area contributed by atoms with Crippen LogP contribution in [0.15, 0.2) is 18.2 Å². The van der Waals surface area contributed by atoms with Crippen LogP contribution in [0.3, 0.4) is 0 Å². The van der Waals surface area contributed by atoms with Crippen LogP contribution in [-0.4, -0.2) is 44.7 Å². The van der Waals surface area contributed by atoms with Crippen molar-refractivity contribution in [3.63, 3.8) is 0 Å². The van der Waals surface area contributed by atoms with Crippen LogP contribution in [0.25, 0.3) is 0 Å². The van der Waals surface area contributed by atoms with Gasteiger partial charge in [0.05, 0.1) is 20.8 Å². The first-order chi connectivity index (χ1) is 11.1. The SMILES string of the molecule is COc1cc(NC(=O)CN(C)C2CCCCCC2)cc(OC)c1. The van der Waals surface area contributed by atoms with Gasteiger partial charge in [-0.25, -0.2) is 0 Å². The molecule has 2 rings (SSSR count). The zero-order valence-corrected chi connectivity index (χ0v) is 14.4.